The van der Waals surface area contributed by atoms with Gasteiger partial charge in [0.2, 0.25) is 0 Å². The zero-order valence-electron chi connectivity index (χ0n) is 14.4. The second kappa shape index (κ2) is 8.77. The quantitative estimate of drug-likeness (QED) is 0.837. The molecule has 0 saturated carbocycles. The minimum atomic E-state index is -0.464. The highest BCUT2D eigenvalue weighted by Gasteiger charge is 2.26. The van der Waals surface area contributed by atoms with Crippen LogP contribution in [-0.2, 0) is 4.79 Å². The summed E-state index contributed by atoms with van der Waals surface area (Å²) < 4.78 is 10.9. The van der Waals surface area contributed by atoms with Crippen molar-refractivity contribution in [1.29, 1.82) is 0 Å². The highest BCUT2D eigenvalue weighted by Crippen LogP contribution is 2.20. The monoisotopic (exact) mass is 320 g/mol. The Hall–Kier alpha value is -1.75. The number of amides is 1. The van der Waals surface area contributed by atoms with Crippen LogP contribution in [0.5, 0.6) is 11.5 Å². The number of carbonyl (C=O) groups is 1. The summed E-state index contributed by atoms with van der Waals surface area (Å²) in [4.78, 5) is 14.4. The summed E-state index contributed by atoms with van der Waals surface area (Å²) in [5.74, 6) is 2.22. The molecule has 0 bridgehead atoms. The van der Waals surface area contributed by atoms with Crippen molar-refractivity contribution >= 4 is 5.91 Å². The van der Waals surface area contributed by atoms with Crippen molar-refractivity contribution in [3.63, 3.8) is 0 Å². The molecule has 0 aliphatic carbocycles. The molecule has 1 saturated heterocycles. The molecule has 1 amide bonds. The summed E-state index contributed by atoms with van der Waals surface area (Å²) in [6, 6.07) is 7.31. The number of benzene rings is 1. The lowest BCUT2D eigenvalue weighted by Crippen LogP contribution is -2.45. The topological polar surface area (TPSA) is 50.8 Å². The zero-order valence-corrected chi connectivity index (χ0v) is 14.4. The number of hydrogen-bond acceptors (Lipinski definition) is 4. The normalized spacial score (nSPS) is 16.9. The highest BCUT2D eigenvalue weighted by atomic mass is 16.5. The maximum Gasteiger partial charge on any atom is 0.263 e. The first kappa shape index (κ1) is 17.6. The van der Waals surface area contributed by atoms with Gasteiger partial charge in [0.25, 0.3) is 5.91 Å². The molecule has 5 heteroatoms. The smallest absolute Gasteiger partial charge is 0.263 e. The first-order chi connectivity index (χ1) is 11.1. The van der Waals surface area contributed by atoms with Crippen molar-refractivity contribution in [2.75, 3.05) is 33.3 Å². The van der Waals surface area contributed by atoms with Crippen molar-refractivity contribution in [2.45, 2.75) is 32.8 Å². The molecule has 1 fully saturated rings. The first-order valence-corrected chi connectivity index (χ1v) is 8.44. The van der Waals surface area contributed by atoms with E-state index in [1.165, 1.54) is 0 Å². The molecule has 1 aromatic carbocycles. The van der Waals surface area contributed by atoms with E-state index >= 15 is 0 Å². The van der Waals surface area contributed by atoms with E-state index in [-0.39, 0.29) is 5.91 Å². The van der Waals surface area contributed by atoms with E-state index < -0.39 is 6.10 Å². The van der Waals surface area contributed by atoms with E-state index in [0.29, 0.717) is 11.7 Å². The minimum Gasteiger partial charge on any atom is -0.497 e. The molecule has 5 nitrogen and oxygen atoms in total. The number of nitrogens with one attached hydrogen (secondary N) is 1. The average Bonchev–Trinajstić information content (AvgIpc) is 2.60. The molecule has 1 aliphatic heterocycles. The van der Waals surface area contributed by atoms with Gasteiger partial charge in [-0.05, 0) is 63.0 Å². The Morgan fingerprint density at radius 1 is 1.26 bits per heavy atom. The predicted molar refractivity (Wildman–Crippen MR) is 90.9 cm³/mol. The number of nitrogens with zero attached hydrogens (tertiary/aromatic N) is 1. The summed E-state index contributed by atoms with van der Waals surface area (Å²) in [5, 5.41) is 3.39. The average molecular weight is 320 g/mol. The van der Waals surface area contributed by atoms with Gasteiger partial charge in [-0.1, -0.05) is 6.92 Å². The summed E-state index contributed by atoms with van der Waals surface area (Å²) in [5.41, 5.74) is 0. The van der Waals surface area contributed by atoms with Crippen LogP contribution < -0.4 is 14.8 Å². The molecule has 0 spiro atoms. The summed E-state index contributed by atoms with van der Waals surface area (Å²) >= 11 is 0. The third-order valence-corrected chi connectivity index (χ3v) is 4.33. The van der Waals surface area contributed by atoms with Crippen LogP contribution in [-0.4, -0.2) is 50.2 Å². The largest absolute Gasteiger partial charge is 0.497 e. The van der Waals surface area contributed by atoms with Gasteiger partial charge in [0.05, 0.1) is 7.11 Å². The van der Waals surface area contributed by atoms with Crippen molar-refractivity contribution < 1.29 is 14.3 Å². The molecule has 2 rings (SSSR count). The van der Waals surface area contributed by atoms with Gasteiger partial charge in [0.15, 0.2) is 6.10 Å². The van der Waals surface area contributed by atoms with Crippen LogP contribution in [0.1, 0.15) is 26.7 Å². The zero-order chi connectivity index (χ0) is 16.7. The lowest BCUT2D eigenvalue weighted by atomic mass is 9.96. The van der Waals surface area contributed by atoms with E-state index in [2.05, 4.69) is 12.2 Å². The van der Waals surface area contributed by atoms with Crippen LogP contribution in [0, 0.1) is 5.92 Å². The number of hydrogen-bond donors (Lipinski definition) is 1. The molecule has 1 atom stereocenters. The van der Waals surface area contributed by atoms with Crippen LogP contribution in [0.3, 0.4) is 0 Å². The maximum atomic E-state index is 12.5. The number of ether oxygens (including phenoxy) is 2. The number of likely N-dealkylation sites (tertiary alicyclic amines) is 1. The first-order valence-electron chi connectivity index (χ1n) is 8.44. The number of methoxy groups -OCH3 is 1. The Balaban J connectivity index is 1.80. The van der Waals surface area contributed by atoms with Gasteiger partial charge >= 0.3 is 0 Å². The predicted octanol–water partition coefficient (Wildman–Crippen LogP) is 2.31. The molecule has 1 unspecified atom stereocenters. The van der Waals surface area contributed by atoms with Crippen LogP contribution >= 0.6 is 0 Å². The van der Waals surface area contributed by atoms with Gasteiger partial charge in [-0.3, -0.25) is 4.79 Å². The molecule has 0 aromatic heterocycles. The van der Waals surface area contributed by atoms with E-state index in [0.717, 1.165) is 44.8 Å². The van der Waals surface area contributed by atoms with E-state index in [1.807, 2.05) is 36.1 Å². The Kier molecular flexibility index (Phi) is 6.71. The summed E-state index contributed by atoms with van der Waals surface area (Å²) in [7, 11) is 1.63. The van der Waals surface area contributed by atoms with Gasteiger partial charge in [-0.25, -0.2) is 0 Å². The van der Waals surface area contributed by atoms with Crippen LogP contribution in [0.25, 0.3) is 0 Å². The Morgan fingerprint density at radius 2 is 1.87 bits per heavy atom. The van der Waals surface area contributed by atoms with Crippen molar-refractivity contribution in [1.82, 2.24) is 10.2 Å². The van der Waals surface area contributed by atoms with Crippen LogP contribution in [0.15, 0.2) is 24.3 Å². The molecule has 1 aliphatic rings. The summed E-state index contributed by atoms with van der Waals surface area (Å²) in [6.07, 6.45) is 1.66. The maximum absolute atomic E-state index is 12.5. The van der Waals surface area contributed by atoms with Crippen LogP contribution in [0.2, 0.25) is 0 Å². The number of carbonyl (C=O) groups excluding carboxylic acids is 1. The fraction of sp³-hybridized carbons (Fsp3) is 0.611. The number of rotatable bonds is 7. The van der Waals surface area contributed by atoms with Gasteiger partial charge in [0, 0.05) is 13.1 Å². The third kappa shape index (κ3) is 5.13. The molecule has 0 radical (unpaired) electrons. The number of piperidine rings is 1. The highest BCUT2D eigenvalue weighted by molar-refractivity contribution is 5.81. The summed E-state index contributed by atoms with van der Waals surface area (Å²) in [6.45, 7) is 7.65. The van der Waals surface area contributed by atoms with Crippen molar-refractivity contribution in [3.8, 4) is 11.5 Å². The van der Waals surface area contributed by atoms with Crippen molar-refractivity contribution in [2.24, 2.45) is 5.92 Å². The molecular formula is C18H28N2O3. The third-order valence-electron chi connectivity index (χ3n) is 4.33. The van der Waals surface area contributed by atoms with Gasteiger partial charge in [0.1, 0.15) is 11.5 Å². The minimum absolute atomic E-state index is 0.0720. The standard InChI is InChI=1S/C18H28N2O3/c1-4-19-13-15-9-11-20(12-10-15)18(21)14(2)23-17-7-5-16(22-3)6-8-17/h5-8,14-15,19H,4,9-13H2,1-3H3. The van der Waals surface area contributed by atoms with Gasteiger partial charge < -0.3 is 19.7 Å². The molecule has 1 N–H and O–H groups in total. The molecule has 23 heavy (non-hydrogen) atoms. The molecule has 128 valence electrons. The Labute approximate surface area is 139 Å². The Bertz CT molecular complexity index is 482. The molecule has 1 aromatic rings. The van der Waals surface area contributed by atoms with Crippen molar-refractivity contribution in [3.05, 3.63) is 24.3 Å². The van der Waals surface area contributed by atoms with Gasteiger partial charge in [-0.15, -0.1) is 0 Å². The SMILES string of the molecule is CCNCC1CCN(C(=O)C(C)Oc2ccc(OC)cc2)CC1. The second-order valence-electron chi connectivity index (χ2n) is 6.01. The lowest BCUT2D eigenvalue weighted by molar-refractivity contribution is -0.139. The molecule has 1 heterocycles. The Morgan fingerprint density at radius 3 is 2.43 bits per heavy atom. The van der Waals surface area contributed by atoms with Crippen LogP contribution in [0.4, 0.5) is 0 Å². The fourth-order valence-electron chi connectivity index (χ4n) is 2.87. The van der Waals surface area contributed by atoms with E-state index in [9.17, 15) is 4.79 Å². The van der Waals surface area contributed by atoms with Gasteiger partial charge in [-0.2, -0.15) is 0 Å². The second-order valence-corrected chi connectivity index (χ2v) is 6.01. The van der Waals surface area contributed by atoms with E-state index in [1.54, 1.807) is 7.11 Å². The fourth-order valence-corrected chi connectivity index (χ4v) is 2.87. The molecular weight excluding hydrogens is 292 g/mol. The lowest BCUT2D eigenvalue weighted by Gasteiger charge is -2.33. The van der Waals surface area contributed by atoms with E-state index in [4.69, 9.17) is 9.47 Å².